The molecule has 1 aromatic rings. The van der Waals surface area contributed by atoms with Crippen LogP contribution in [0.3, 0.4) is 0 Å². The number of nitrogens with zero attached hydrogens (tertiary/aromatic N) is 2. The van der Waals surface area contributed by atoms with Crippen LogP contribution in [0.2, 0.25) is 0 Å². The maximum Gasteiger partial charge on any atom is 0.310 e. The number of carboxylic acids is 1. The molecule has 1 aromatic heterocycles. The molecule has 116 valence electrons. The predicted molar refractivity (Wildman–Crippen MR) is 75.9 cm³/mol. The van der Waals surface area contributed by atoms with Gasteiger partial charge >= 0.3 is 5.97 Å². The summed E-state index contributed by atoms with van der Waals surface area (Å²) in [5.74, 6) is 0.0245. The molecule has 0 radical (unpaired) electrons. The molecule has 1 fully saturated rings. The lowest BCUT2D eigenvalue weighted by Crippen LogP contribution is -2.49. The number of amides is 1. The normalized spacial score (nSPS) is 23.0. The topological polar surface area (TPSA) is 95.7 Å². The Balaban J connectivity index is 1.93. The molecule has 1 aliphatic heterocycles. The van der Waals surface area contributed by atoms with E-state index in [0.717, 1.165) is 13.0 Å². The van der Waals surface area contributed by atoms with Crippen molar-refractivity contribution in [1.29, 1.82) is 0 Å². The summed E-state index contributed by atoms with van der Waals surface area (Å²) in [4.78, 5) is 25.4. The lowest BCUT2D eigenvalue weighted by Gasteiger charge is -2.39. The van der Waals surface area contributed by atoms with E-state index in [1.807, 2.05) is 11.8 Å². The van der Waals surface area contributed by atoms with Gasteiger partial charge in [-0.05, 0) is 32.7 Å². The minimum Gasteiger partial charge on any atom is -0.481 e. The molecule has 7 nitrogen and oxygen atoms in total. The molecule has 0 saturated carbocycles. The first-order valence-corrected chi connectivity index (χ1v) is 7.14. The standard InChI is InChI=1S/C14H21N3O4/c1-3-14(13(19)20)5-4-6-17(9-14)8-12(18)15-11-7-10(2)21-16-11/h7H,3-6,8-9H2,1-2H3,(H,19,20)(H,15,16,18). The SMILES string of the molecule is CCC1(C(=O)O)CCCN(CC(=O)Nc2cc(C)on2)C1. The van der Waals surface area contributed by atoms with Gasteiger partial charge < -0.3 is 14.9 Å². The third kappa shape index (κ3) is 3.60. The number of hydrogen-bond acceptors (Lipinski definition) is 5. The van der Waals surface area contributed by atoms with Gasteiger partial charge in [0.15, 0.2) is 5.82 Å². The molecule has 1 unspecified atom stereocenters. The summed E-state index contributed by atoms with van der Waals surface area (Å²) in [7, 11) is 0. The average Bonchev–Trinajstić information content (AvgIpc) is 2.83. The molecular formula is C14H21N3O4. The van der Waals surface area contributed by atoms with Crippen molar-refractivity contribution in [2.45, 2.75) is 33.1 Å². The van der Waals surface area contributed by atoms with Gasteiger partial charge in [-0.1, -0.05) is 12.1 Å². The zero-order valence-corrected chi connectivity index (χ0v) is 12.4. The average molecular weight is 295 g/mol. The molecule has 0 spiro atoms. The number of anilines is 1. The highest BCUT2D eigenvalue weighted by atomic mass is 16.5. The molecule has 1 saturated heterocycles. The number of carbonyl (C=O) groups excluding carboxylic acids is 1. The number of rotatable bonds is 5. The zero-order valence-electron chi connectivity index (χ0n) is 12.4. The Labute approximate surface area is 123 Å². The first-order chi connectivity index (χ1) is 9.95. The van der Waals surface area contributed by atoms with Crippen LogP contribution in [-0.2, 0) is 9.59 Å². The summed E-state index contributed by atoms with van der Waals surface area (Å²) >= 11 is 0. The van der Waals surface area contributed by atoms with E-state index in [9.17, 15) is 14.7 Å². The number of likely N-dealkylation sites (tertiary alicyclic amines) is 1. The maximum atomic E-state index is 12.0. The smallest absolute Gasteiger partial charge is 0.310 e. The van der Waals surface area contributed by atoms with E-state index in [1.54, 1.807) is 13.0 Å². The van der Waals surface area contributed by atoms with Crippen molar-refractivity contribution in [3.8, 4) is 0 Å². The largest absolute Gasteiger partial charge is 0.481 e. The van der Waals surface area contributed by atoms with Gasteiger partial charge in [-0.15, -0.1) is 0 Å². The van der Waals surface area contributed by atoms with Gasteiger partial charge in [0.05, 0.1) is 12.0 Å². The van der Waals surface area contributed by atoms with Gasteiger partial charge in [-0.25, -0.2) is 0 Å². The lowest BCUT2D eigenvalue weighted by atomic mass is 9.77. The Morgan fingerprint density at radius 2 is 2.33 bits per heavy atom. The van der Waals surface area contributed by atoms with Gasteiger partial charge in [0.1, 0.15) is 5.76 Å². The highest BCUT2D eigenvalue weighted by molar-refractivity contribution is 5.91. The summed E-state index contributed by atoms with van der Waals surface area (Å²) < 4.78 is 4.88. The molecule has 0 bridgehead atoms. The van der Waals surface area contributed by atoms with E-state index in [2.05, 4.69) is 10.5 Å². The molecule has 1 atom stereocenters. The van der Waals surface area contributed by atoms with Crippen LogP contribution >= 0.6 is 0 Å². The van der Waals surface area contributed by atoms with Crippen LogP contribution in [0.25, 0.3) is 0 Å². The molecule has 1 amide bonds. The van der Waals surface area contributed by atoms with E-state index < -0.39 is 11.4 Å². The van der Waals surface area contributed by atoms with E-state index in [0.29, 0.717) is 31.0 Å². The number of carbonyl (C=O) groups is 2. The molecule has 0 aromatic carbocycles. The fourth-order valence-corrected chi connectivity index (χ4v) is 2.79. The summed E-state index contributed by atoms with van der Waals surface area (Å²) in [6, 6.07) is 1.64. The Morgan fingerprint density at radius 1 is 1.57 bits per heavy atom. The van der Waals surface area contributed by atoms with Gasteiger partial charge in [-0.2, -0.15) is 0 Å². The molecular weight excluding hydrogens is 274 g/mol. The fraction of sp³-hybridized carbons (Fsp3) is 0.643. The second-order valence-electron chi connectivity index (χ2n) is 5.62. The van der Waals surface area contributed by atoms with Crippen molar-refractivity contribution in [2.75, 3.05) is 25.0 Å². The van der Waals surface area contributed by atoms with Crippen molar-refractivity contribution >= 4 is 17.7 Å². The van der Waals surface area contributed by atoms with Crippen molar-refractivity contribution in [2.24, 2.45) is 5.41 Å². The summed E-state index contributed by atoms with van der Waals surface area (Å²) in [6.45, 7) is 4.94. The Bertz CT molecular complexity index is 528. The van der Waals surface area contributed by atoms with Crippen molar-refractivity contribution < 1.29 is 19.2 Å². The van der Waals surface area contributed by atoms with Gasteiger partial charge in [0, 0.05) is 12.6 Å². The Hall–Kier alpha value is -1.89. The highest BCUT2D eigenvalue weighted by Gasteiger charge is 2.41. The summed E-state index contributed by atoms with van der Waals surface area (Å²) in [5.41, 5.74) is -0.733. The van der Waals surface area contributed by atoms with Gasteiger partial charge in [-0.3, -0.25) is 14.5 Å². The van der Waals surface area contributed by atoms with Gasteiger partial charge in [0.2, 0.25) is 5.91 Å². The van der Waals surface area contributed by atoms with Crippen molar-refractivity contribution in [3.05, 3.63) is 11.8 Å². The van der Waals surface area contributed by atoms with Crippen LogP contribution in [0.4, 0.5) is 5.82 Å². The van der Waals surface area contributed by atoms with Crippen LogP contribution in [0.5, 0.6) is 0 Å². The monoisotopic (exact) mass is 295 g/mol. The molecule has 0 aliphatic carbocycles. The van der Waals surface area contributed by atoms with Crippen LogP contribution in [0.1, 0.15) is 31.9 Å². The first-order valence-electron chi connectivity index (χ1n) is 7.14. The second kappa shape index (κ2) is 6.26. The molecule has 1 aliphatic rings. The molecule has 2 N–H and O–H groups in total. The van der Waals surface area contributed by atoms with E-state index >= 15 is 0 Å². The highest BCUT2D eigenvalue weighted by Crippen LogP contribution is 2.33. The van der Waals surface area contributed by atoms with Crippen LogP contribution < -0.4 is 5.32 Å². The number of carboxylic acid groups (broad SMARTS) is 1. The summed E-state index contributed by atoms with van der Waals surface area (Å²) in [6.07, 6.45) is 2.03. The molecule has 2 heterocycles. The van der Waals surface area contributed by atoms with Crippen molar-refractivity contribution in [3.63, 3.8) is 0 Å². The minimum absolute atomic E-state index is 0.168. The molecule has 7 heteroatoms. The third-order valence-electron chi connectivity index (χ3n) is 4.05. The fourth-order valence-electron chi connectivity index (χ4n) is 2.79. The number of aryl methyl sites for hydroxylation is 1. The first kappa shape index (κ1) is 15.5. The Morgan fingerprint density at radius 3 is 2.90 bits per heavy atom. The number of aliphatic carboxylic acids is 1. The number of piperidine rings is 1. The lowest BCUT2D eigenvalue weighted by molar-refractivity contribution is -0.153. The molecule has 2 rings (SSSR count). The van der Waals surface area contributed by atoms with Crippen LogP contribution in [0, 0.1) is 12.3 Å². The van der Waals surface area contributed by atoms with E-state index in [-0.39, 0.29) is 12.5 Å². The second-order valence-corrected chi connectivity index (χ2v) is 5.62. The van der Waals surface area contributed by atoms with E-state index in [1.165, 1.54) is 0 Å². The zero-order chi connectivity index (χ0) is 15.5. The maximum absolute atomic E-state index is 12.0. The van der Waals surface area contributed by atoms with Crippen molar-refractivity contribution in [1.82, 2.24) is 10.1 Å². The Kier molecular flexibility index (Phi) is 4.62. The van der Waals surface area contributed by atoms with Gasteiger partial charge in [0.25, 0.3) is 0 Å². The number of aromatic nitrogens is 1. The van der Waals surface area contributed by atoms with E-state index in [4.69, 9.17) is 4.52 Å². The summed E-state index contributed by atoms with van der Waals surface area (Å²) in [5, 5.41) is 15.8. The predicted octanol–water partition coefficient (Wildman–Crippen LogP) is 1.50. The number of nitrogens with one attached hydrogen (secondary N) is 1. The number of hydrogen-bond donors (Lipinski definition) is 2. The molecule has 21 heavy (non-hydrogen) atoms. The quantitative estimate of drug-likeness (QED) is 0.854. The third-order valence-corrected chi connectivity index (χ3v) is 4.05. The minimum atomic E-state index is -0.776. The van der Waals surface area contributed by atoms with Crippen LogP contribution in [-0.4, -0.2) is 46.7 Å². The van der Waals surface area contributed by atoms with Crippen LogP contribution in [0.15, 0.2) is 10.6 Å².